The zero-order chi connectivity index (χ0) is 20.1. The molecule has 1 fully saturated rings. The van der Waals surface area contributed by atoms with E-state index in [1.807, 2.05) is 0 Å². The molecule has 1 aliphatic rings. The molecule has 0 aliphatic carbocycles. The van der Waals surface area contributed by atoms with Crippen molar-refractivity contribution >= 4 is 23.7 Å². The van der Waals surface area contributed by atoms with E-state index in [0.717, 1.165) is 12.8 Å². The summed E-state index contributed by atoms with van der Waals surface area (Å²) in [7, 11) is 0. The number of hydrogen-bond donors (Lipinski definition) is 2. The Morgan fingerprint density at radius 2 is 2.18 bits per heavy atom. The molecule has 0 bridgehead atoms. The van der Waals surface area contributed by atoms with Crippen LogP contribution in [0.15, 0.2) is 35.9 Å². The molecular formula is C19H24N6O3. The Bertz CT molecular complexity index is 937. The Hall–Kier alpha value is -3.36. The highest BCUT2D eigenvalue weighted by atomic mass is 16.5. The Morgan fingerprint density at radius 1 is 1.43 bits per heavy atom. The first kappa shape index (κ1) is 19.4. The maximum atomic E-state index is 12.3. The van der Waals surface area contributed by atoms with Crippen molar-refractivity contribution in [1.82, 2.24) is 19.5 Å². The zero-order valence-corrected chi connectivity index (χ0v) is 15.8. The Labute approximate surface area is 162 Å². The molecule has 148 valence electrons. The first-order valence-corrected chi connectivity index (χ1v) is 9.18. The number of anilines is 2. The van der Waals surface area contributed by atoms with Crippen molar-refractivity contribution in [1.29, 1.82) is 0 Å². The lowest BCUT2D eigenvalue weighted by Crippen LogP contribution is -2.38. The summed E-state index contributed by atoms with van der Waals surface area (Å²) < 4.78 is 6.70. The normalized spacial score (nSPS) is 15.1. The summed E-state index contributed by atoms with van der Waals surface area (Å²) in [6.45, 7) is 7.07. The highest BCUT2D eigenvalue weighted by Crippen LogP contribution is 2.27. The second-order valence-corrected chi connectivity index (χ2v) is 6.39. The number of nitrogens with one attached hydrogen (secondary N) is 1. The topological polar surface area (TPSA) is 119 Å². The molecule has 9 heteroatoms. The highest BCUT2D eigenvalue weighted by Gasteiger charge is 2.25. The molecule has 0 unspecified atom stereocenters. The van der Waals surface area contributed by atoms with Crippen molar-refractivity contribution in [2.24, 2.45) is 0 Å². The predicted molar refractivity (Wildman–Crippen MR) is 107 cm³/mol. The molecule has 9 nitrogen and oxygen atoms in total. The van der Waals surface area contributed by atoms with E-state index in [-0.39, 0.29) is 17.4 Å². The molecule has 0 spiro atoms. The van der Waals surface area contributed by atoms with E-state index in [4.69, 9.17) is 10.5 Å². The summed E-state index contributed by atoms with van der Waals surface area (Å²) in [4.78, 5) is 37.2. The first-order valence-electron chi connectivity index (χ1n) is 9.18. The van der Waals surface area contributed by atoms with Gasteiger partial charge < -0.3 is 15.4 Å². The molecule has 0 saturated carbocycles. The van der Waals surface area contributed by atoms with Crippen molar-refractivity contribution in [3.8, 4) is 0 Å². The largest absolute Gasteiger partial charge is 0.461 e. The summed E-state index contributed by atoms with van der Waals surface area (Å²) in [5.41, 5.74) is 6.63. The molecule has 0 radical (unpaired) electrons. The van der Waals surface area contributed by atoms with Crippen molar-refractivity contribution in [2.45, 2.75) is 25.8 Å². The number of aromatic nitrogens is 4. The van der Waals surface area contributed by atoms with Gasteiger partial charge in [0, 0.05) is 25.2 Å². The lowest BCUT2D eigenvalue weighted by atomic mass is 10.0. The van der Waals surface area contributed by atoms with Crippen LogP contribution in [0.1, 0.15) is 42.0 Å². The van der Waals surface area contributed by atoms with Crippen LogP contribution in [0.2, 0.25) is 0 Å². The maximum absolute atomic E-state index is 12.3. The lowest BCUT2D eigenvalue weighted by molar-refractivity contribution is 0.0519. The minimum absolute atomic E-state index is 0.0214. The van der Waals surface area contributed by atoms with Gasteiger partial charge in [-0.1, -0.05) is 18.7 Å². The van der Waals surface area contributed by atoms with Crippen LogP contribution in [-0.4, -0.2) is 45.2 Å². The zero-order valence-electron chi connectivity index (χ0n) is 15.8. The van der Waals surface area contributed by atoms with Crippen LogP contribution in [0.3, 0.4) is 0 Å². The number of piperidine rings is 1. The molecule has 0 aromatic carbocycles. The fraction of sp³-hybridized carbons (Fsp3) is 0.368. The van der Waals surface area contributed by atoms with Crippen LogP contribution in [0.4, 0.5) is 11.6 Å². The predicted octanol–water partition coefficient (Wildman–Crippen LogP) is 1.77. The second kappa shape index (κ2) is 8.55. The number of H-pyrrole nitrogens is 1. The quantitative estimate of drug-likeness (QED) is 0.575. The fourth-order valence-corrected chi connectivity index (χ4v) is 3.36. The van der Waals surface area contributed by atoms with Crippen LogP contribution in [0.5, 0.6) is 0 Å². The van der Waals surface area contributed by atoms with E-state index in [0.29, 0.717) is 37.0 Å². The Balaban J connectivity index is 1.75. The van der Waals surface area contributed by atoms with Gasteiger partial charge in [0.2, 0.25) is 0 Å². The van der Waals surface area contributed by atoms with Crippen LogP contribution < -0.4 is 16.3 Å². The molecule has 3 N–H and O–H groups in total. The average molecular weight is 384 g/mol. The van der Waals surface area contributed by atoms with Gasteiger partial charge in [0.05, 0.1) is 12.3 Å². The van der Waals surface area contributed by atoms with Crippen molar-refractivity contribution < 1.29 is 9.53 Å². The third kappa shape index (κ3) is 3.98. The number of rotatable bonds is 6. The van der Waals surface area contributed by atoms with Crippen LogP contribution in [0, 0.1) is 0 Å². The van der Waals surface area contributed by atoms with Gasteiger partial charge in [-0.3, -0.25) is 9.55 Å². The van der Waals surface area contributed by atoms with Gasteiger partial charge in [0.25, 0.3) is 0 Å². The molecule has 28 heavy (non-hydrogen) atoms. The van der Waals surface area contributed by atoms with Gasteiger partial charge in [-0.2, -0.15) is 0 Å². The highest BCUT2D eigenvalue weighted by molar-refractivity contribution is 5.87. The average Bonchev–Trinajstić information content (AvgIpc) is 2.99. The number of nitrogens with zero attached hydrogens (tertiary/aromatic N) is 4. The first-order chi connectivity index (χ1) is 13.5. The summed E-state index contributed by atoms with van der Waals surface area (Å²) in [6, 6.07) is 1.66. The number of carbonyl (C=O) groups excluding carboxylic acids is 1. The Kier molecular flexibility index (Phi) is 5.93. The van der Waals surface area contributed by atoms with Crippen molar-refractivity contribution in [2.75, 3.05) is 30.3 Å². The molecule has 0 atom stereocenters. The van der Waals surface area contributed by atoms with Crippen LogP contribution in [-0.2, 0) is 4.74 Å². The number of esters is 1. The molecule has 0 amide bonds. The molecular weight excluding hydrogens is 360 g/mol. The lowest BCUT2D eigenvalue weighted by Gasteiger charge is -2.33. The SMILES string of the molecule is C=CC=Cc1c(N)[nH]c(=O)n1C1CCN(c2cc(C(=O)OCC)ncn2)CC1. The van der Waals surface area contributed by atoms with Gasteiger partial charge in [-0.05, 0) is 25.8 Å². The van der Waals surface area contributed by atoms with Crippen molar-refractivity contribution in [3.63, 3.8) is 0 Å². The van der Waals surface area contributed by atoms with Crippen LogP contribution in [0.25, 0.3) is 6.08 Å². The number of carbonyl (C=O) groups is 1. The molecule has 1 aliphatic heterocycles. The molecule has 1 saturated heterocycles. The van der Waals surface area contributed by atoms with E-state index in [9.17, 15) is 9.59 Å². The number of ether oxygens (including phenoxy) is 1. The minimum Gasteiger partial charge on any atom is -0.461 e. The van der Waals surface area contributed by atoms with Gasteiger partial charge in [0.1, 0.15) is 18.0 Å². The maximum Gasteiger partial charge on any atom is 0.357 e. The third-order valence-electron chi connectivity index (χ3n) is 4.68. The van der Waals surface area contributed by atoms with E-state index in [2.05, 4.69) is 26.4 Å². The third-order valence-corrected chi connectivity index (χ3v) is 4.68. The molecule has 3 heterocycles. The van der Waals surface area contributed by atoms with E-state index < -0.39 is 5.97 Å². The second-order valence-electron chi connectivity index (χ2n) is 6.39. The summed E-state index contributed by atoms with van der Waals surface area (Å²) in [6.07, 6.45) is 8.02. The standard InChI is InChI=1S/C19H24N6O3/c1-3-5-6-15-17(20)23-19(27)25(15)13-7-9-24(10-8-13)16-11-14(21-12-22-16)18(26)28-4-2/h3,5-6,11-13H,1,4,7-10,20H2,2H3,(H,23,27). The van der Waals surface area contributed by atoms with Crippen LogP contribution >= 0.6 is 0 Å². The molecule has 2 aromatic rings. The number of imidazole rings is 1. The van der Waals surface area contributed by atoms with Gasteiger partial charge >= 0.3 is 11.7 Å². The number of nitrogens with two attached hydrogens (primary N) is 1. The van der Waals surface area contributed by atoms with Gasteiger partial charge in [-0.15, -0.1) is 0 Å². The smallest absolute Gasteiger partial charge is 0.357 e. The summed E-state index contributed by atoms with van der Waals surface area (Å²) in [5.74, 6) is 0.554. The van der Waals surface area contributed by atoms with Gasteiger partial charge in [0.15, 0.2) is 5.69 Å². The number of hydrogen-bond acceptors (Lipinski definition) is 7. The Morgan fingerprint density at radius 3 is 2.86 bits per heavy atom. The summed E-state index contributed by atoms with van der Waals surface area (Å²) >= 11 is 0. The van der Waals surface area contributed by atoms with Crippen molar-refractivity contribution in [3.05, 3.63) is 53.0 Å². The van der Waals surface area contributed by atoms with E-state index in [1.54, 1.807) is 35.8 Å². The number of allylic oxidation sites excluding steroid dienone is 2. The number of aromatic amines is 1. The molecule has 2 aromatic heterocycles. The fourth-order valence-electron chi connectivity index (χ4n) is 3.36. The number of nitrogen functional groups attached to an aromatic ring is 1. The van der Waals surface area contributed by atoms with Gasteiger partial charge in [-0.25, -0.2) is 19.6 Å². The van der Waals surface area contributed by atoms with E-state index >= 15 is 0 Å². The monoisotopic (exact) mass is 384 g/mol. The molecule has 3 rings (SSSR count). The minimum atomic E-state index is -0.464. The van der Waals surface area contributed by atoms with E-state index in [1.165, 1.54) is 6.33 Å². The summed E-state index contributed by atoms with van der Waals surface area (Å²) in [5, 5.41) is 0.